The summed E-state index contributed by atoms with van der Waals surface area (Å²) in [5, 5.41) is 17.7. The van der Waals surface area contributed by atoms with Crippen molar-refractivity contribution in [3.05, 3.63) is 78.5 Å². The molecule has 3 aromatic rings. The zero-order valence-corrected chi connectivity index (χ0v) is 18.5. The minimum atomic E-state index is -0.467. The highest BCUT2D eigenvalue weighted by molar-refractivity contribution is 14.1. The van der Waals surface area contributed by atoms with Crippen LogP contribution in [0.4, 0.5) is 11.4 Å². The van der Waals surface area contributed by atoms with Crippen LogP contribution in [0.2, 0.25) is 0 Å². The molecule has 10 heteroatoms. The van der Waals surface area contributed by atoms with Gasteiger partial charge < -0.3 is 9.73 Å². The molecule has 3 rings (SSSR count). The lowest BCUT2D eigenvalue weighted by atomic mass is 10.1. The Morgan fingerprint density at radius 1 is 1.21 bits per heavy atom. The first-order valence-electron chi connectivity index (χ1n) is 8.28. The summed E-state index contributed by atoms with van der Waals surface area (Å²) in [5.74, 6) is 0.640. The Morgan fingerprint density at radius 2 is 1.97 bits per heavy atom. The van der Waals surface area contributed by atoms with E-state index in [9.17, 15) is 14.9 Å². The van der Waals surface area contributed by atoms with Gasteiger partial charge in [-0.15, -0.1) is 0 Å². The predicted molar refractivity (Wildman–Crippen MR) is 122 cm³/mol. The normalized spacial score (nSPS) is 10.8. The molecule has 1 heterocycles. The fraction of sp³-hybridized carbons (Fsp3) is 0.0526. The van der Waals surface area contributed by atoms with E-state index in [2.05, 4.69) is 54.4 Å². The lowest BCUT2D eigenvalue weighted by molar-refractivity contribution is -0.384. The van der Waals surface area contributed by atoms with Gasteiger partial charge in [-0.2, -0.15) is 5.10 Å². The summed E-state index contributed by atoms with van der Waals surface area (Å²) in [6, 6.07) is 15.5. The van der Waals surface area contributed by atoms with Crippen LogP contribution < -0.4 is 10.7 Å². The van der Waals surface area contributed by atoms with E-state index in [1.807, 2.05) is 24.3 Å². The Bertz CT molecular complexity index is 1070. The van der Waals surface area contributed by atoms with Crippen LogP contribution in [0.1, 0.15) is 5.76 Å². The third kappa shape index (κ3) is 5.87. The molecule has 1 aromatic heterocycles. The van der Waals surface area contributed by atoms with E-state index in [1.165, 1.54) is 18.3 Å². The van der Waals surface area contributed by atoms with Gasteiger partial charge in [0.05, 0.1) is 17.7 Å². The SMILES string of the molecule is O=C(CNc1ccc(I)cc1)N/N=C\c1ccc(-c2ccc([N+](=O)[O-])cc2Br)o1. The fourth-order valence-corrected chi connectivity index (χ4v) is 3.26. The summed E-state index contributed by atoms with van der Waals surface area (Å²) in [4.78, 5) is 22.2. The average Bonchev–Trinajstić information content (AvgIpc) is 3.16. The second-order valence-corrected chi connectivity index (χ2v) is 7.88. The summed E-state index contributed by atoms with van der Waals surface area (Å²) in [5.41, 5.74) is 3.91. The Hall–Kier alpha value is -2.73. The van der Waals surface area contributed by atoms with Gasteiger partial charge >= 0.3 is 0 Å². The number of rotatable bonds is 7. The monoisotopic (exact) mass is 568 g/mol. The maximum absolute atomic E-state index is 11.9. The molecule has 0 fully saturated rings. The molecule has 148 valence electrons. The quantitative estimate of drug-likeness (QED) is 0.184. The molecule has 29 heavy (non-hydrogen) atoms. The number of hydrazone groups is 1. The van der Waals surface area contributed by atoms with Gasteiger partial charge in [0.1, 0.15) is 11.5 Å². The summed E-state index contributed by atoms with van der Waals surface area (Å²) in [6.45, 7) is 0.0804. The van der Waals surface area contributed by atoms with E-state index >= 15 is 0 Å². The molecule has 1 amide bonds. The van der Waals surface area contributed by atoms with Gasteiger partial charge in [0.25, 0.3) is 11.6 Å². The van der Waals surface area contributed by atoms with Crippen molar-refractivity contribution >= 4 is 62.0 Å². The molecule has 8 nitrogen and oxygen atoms in total. The van der Waals surface area contributed by atoms with Crippen LogP contribution in [0.15, 0.2) is 68.6 Å². The Morgan fingerprint density at radius 3 is 2.66 bits per heavy atom. The molecule has 0 aliphatic heterocycles. The van der Waals surface area contributed by atoms with Gasteiger partial charge in [-0.1, -0.05) is 0 Å². The topological polar surface area (TPSA) is 110 Å². The highest BCUT2D eigenvalue weighted by atomic mass is 127. The number of amides is 1. The van der Waals surface area contributed by atoms with Crippen molar-refractivity contribution in [1.29, 1.82) is 0 Å². The molecule has 0 spiro atoms. The van der Waals surface area contributed by atoms with Crippen molar-refractivity contribution in [1.82, 2.24) is 5.43 Å². The molecular weight excluding hydrogens is 555 g/mol. The lowest BCUT2D eigenvalue weighted by Gasteiger charge is -2.04. The molecule has 0 atom stereocenters. The number of carbonyl (C=O) groups excluding carboxylic acids is 1. The molecule has 2 aromatic carbocycles. The lowest BCUT2D eigenvalue weighted by Crippen LogP contribution is -2.25. The van der Waals surface area contributed by atoms with Crippen molar-refractivity contribution in [3.63, 3.8) is 0 Å². The third-order valence-electron chi connectivity index (χ3n) is 3.73. The molecule has 2 N–H and O–H groups in total. The molecule has 0 aliphatic rings. The standard InChI is InChI=1S/C19H14BrIN4O4/c20-17-9-14(25(27)28)5-7-16(17)18-8-6-15(29-18)10-23-24-19(26)11-22-13-3-1-12(21)2-4-13/h1-10,22H,11H2,(H,24,26)/b23-10-. The third-order valence-corrected chi connectivity index (χ3v) is 5.11. The van der Waals surface area contributed by atoms with Gasteiger partial charge in [-0.05, 0) is 81.0 Å². The van der Waals surface area contributed by atoms with E-state index in [-0.39, 0.29) is 18.1 Å². The fourth-order valence-electron chi connectivity index (χ4n) is 2.34. The van der Waals surface area contributed by atoms with Crippen molar-refractivity contribution in [2.45, 2.75) is 0 Å². The molecular formula is C19H14BrIN4O4. The Kier molecular flexibility index (Phi) is 6.99. The van der Waals surface area contributed by atoms with Gasteiger partial charge in [0.2, 0.25) is 0 Å². The Balaban J connectivity index is 1.55. The molecule has 0 radical (unpaired) electrons. The van der Waals surface area contributed by atoms with Crippen molar-refractivity contribution < 1.29 is 14.1 Å². The van der Waals surface area contributed by atoms with Gasteiger partial charge in [0, 0.05) is 31.4 Å². The van der Waals surface area contributed by atoms with Gasteiger partial charge in [-0.3, -0.25) is 14.9 Å². The first-order valence-corrected chi connectivity index (χ1v) is 10.1. The minimum Gasteiger partial charge on any atom is -0.455 e. The minimum absolute atomic E-state index is 0.0180. The first kappa shape index (κ1) is 21.0. The zero-order valence-electron chi connectivity index (χ0n) is 14.8. The van der Waals surface area contributed by atoms with Gasteiger partial charge in [-0.25, -0.2) is 5.43 Å². The second-order valence-electron chi connectivity index (χ2n) is 5.78. The number of furan rings is 1. The number of nitrogens with one attached hydrogen (secondary N) is 2. The van der Waals surface area contributed by atoms with E-state index in [4.69, 9.17) is 4.42 Å². The van der Waals surface area contributed by atoms with E-state index in [0.717, 1.165) is 9.26 Å². The number of halogens is 2. The van der Waals surface area contributed by atoms with Gasteiger partial charge in [0.15, 0.2) is 0 Å². The molecule has 0 saturated heterocycles. The number of hydrogen-bond donors (Lipinski definition) is 2. The van der Waals surface area contributed by atoms with Crippen LogP contribution in [0.5, 0.6) is 0 Å². The van der Waals surface area contributed by atoms with Crippen LogP contribution in [-0.2, 0) is 4.79 Å². The van der Waals surface area contributed by atoms with Crippen molar-refractivity contribution in [3.8, 4) is 11.3 Å². The number of anilines is 1. The van der Waals surface area contributed by atoms with Crippen LogP contribution in [0.25, 0.3) is 11.3 Å². The van der Waals surface area contributed by atoms with E-state index < -0.39 is 4.92 Å². The Labute approximate surface area is 187 Å². The number of carbonyl (C=O) groups is 1. The van der Waals surface area contributed by atoms with E-state index in [0.29, 0.717) is 21.6 Å². The maximum atomic E-state index is 11.9. The van der Waals surface area contributed by atoms with Crippen LogP contribution in [-0.4, -0.2) is 23.6 Å². The van der Waals surface area contributed by atoms with Crippen molar-refractivity contribution in [2.24, 2.45) is 5.10 Å². The number of nitrogens with zero attached hydrogens (tertiary/aromatic N) is 2. The van der Waals surface area contributed by atoms with Crippen LogP contribution in [0.3, 0.4) is 0 Å². The smallest absolute Gasteiger partial charge is 0.270 e. The number of hydrogen-bond acceptors (Lipinski definition) is 6. The predicted octanol–water partition coefficient (Wildman–Crippen LogP) is 4.78. The largest absolute Gasteiger partial charge is 0.455 e. The zero-order chi connectivity index (χ0) is 20.8. The van der Waals surface area contributed by atoms with Crippen molar-refractivity contribution in [2.75, 3.05) is 11.9 Å². The molecule has 0 unspecified atom stereocenters. The summed E-state index contributed by atoms with van der Waals surface area (Å²) < 4.78 is 7.31. The summed E-state index contributed by atoms with van der Waals surface area (Å²) in [7, 11) is 0. The summed E-state index contributed by atoms with van der Waals surface area (Å²) >= 11 is 5.52. The average molecular weight is 569 g/mol. The number of non-ortho nitro benzene ring substituents is 1. The van der Waals surface area contributed by atoms with Crippen LogP contribution in [0, 0.1) is 13.7 Å². The van der Waals surface area contributed by atoms with E-state index in [1.54, 1.807) is 18.2 Å². The number of benzene rings is 2. The molecule has 0 bridgehead atoms. The first-order chi connectivity index (χ1) is 13.9. The van der Waals surface area contributed by atoms with Crippen LogP contribution >= 0.6 is 38.5 Å². The number of nitro groups is 1. The maximum Gasteiger partial charge on any atom is 0.270 e. The summed E-state index contributed by atoms with van der Waals surface area (Å²) in [6.07, 6.45) is 1.38. The highest BCUT2D eigenvalue weighted by Crippen LogP contribution is 2.32. The molecule has 0 aliphatic carbocycles. The second kappa shape index (κ2) is 9.65. The highest BCUT2D eigenvalue weighted by Gasteiger charge is 2.13. The molecule has 0 saturated carbocycles. The number of nitro benzene ring substituents is 1.